The Kier molecular flexibility index (Phi) is 3.78. The SMILES string of the molecule is CC(Cl)c1nc2ccccc2c(=O)n1C(C)c1nccs1. The second-order valence-electron chi connectivity index (χ2n) is 4.82. The van der Waals surface area contributed by atoms with Crippen LogP contribution >= 0.6 is 22.9 Å². The highest BCUT2D eigenvalue weighted by atomic mass is 35.5. The maximum atomic E-state index is 12.8. The lowest BCUT2D eigenvalue weighted by molar-refractivity contribution is 0.568. The van der Waals surface area contributed by atoms with E-state index in [2.05, 4.69) is 9.97 Å². The van der Waals surface area contributed by atoms with E-state index in [-0.39, 0.29) is 17.0 Å². The molecular formula is C15H14ClN3OS. The molecule has 4 nitrogen and oxygen atoms in total. The Morgan fingerprint density at radius 1 is 1.29 bits per heavy atom. The van der Waals surface area contributed by atoms with E-state index < -0.39 is 0 Å². The monoisotopic (exact) mass is 319 g/mol. The number of thiazole rings is 1. The van der Waals surface area contributed by atoms with Crippen molar-refractivity contribution in [1.82, 2.24) is 14.5 Å². The molecule has 0 aliphatic rings. The third-order valence-electron chi connectivity index (χ3n) is 3.39. The molecule has 0 saturated carbocycles. The van der Waals surface area contributed by atoms with Crippen molar-refractivity contribution < 1.29 is 0 Å². The summed E-state index contributed by atoms with van der Waals surface area (Å²) in [5.41, 5.74) is 0.596. The molecule has 21 heavy (non-hydrogen) atoms. The van der Waals surface area contributed by atoms with Gasteiger partial charge in [0.05, 0.1) is 22.3 Å². The van der Waals surface area contributed by atoms with Crippen LogP contribution in [0.5, 0.6) is 0 Å². The lowest BCUT2D eigenvalue weighted by Gasteiger charge is -2.19. The molecule has 0 amide bonds. The van der Waals surface area contributed by atoms with Crippen LogP contribution in [0.1, 0.15) is 36.1 Å². The van der Waals surface area contributed by atoms with Crippen LogP contribution in [0, 0.1) is 0 Å². The quantitative estimate of drug-likeness (QED) is 0.691. The number of para-hydroxylation sites is 1. The number of halogens is 1. The predicted octanol–water partition coefficient (Wildman–Crippen LogP) is 3.76. The molecule has 2 unspecified atom stereocenters. The van der Waals surface area contributed by atoms with Crippen LogP contribution in [0.15, 0.2) is 40.6 Å². The third kappa shape index (κ3) is 2.47. The summed E-state index contributed by atoms with van der Waals surface area (Å²) in [7, 11) is 0. The molecule has 0 spiro atoms. The van der Waals surface area contributed by atoms with Crippen molar-refractivity contribution in [2.75, 3.05) is 0 Å². The molecule has 0 aliphatic carbocycles. The number of nitrogens with zero attached hydrogens (tertiary/aromatic N) is 3. The number of alkyl halides is 1. The molecule has 3 aromatic rings. The number of hydrogen-bond donors (Lipinski definition) is 0. The molecule has 0 fully saturated rings. The fraction of sp³-hybridized carbons (Fsp3) is 0.267. The first-order chi connectivity index (χ1) is 10.1. The fourth-order valence-electron chi connectivity index (χ4n) is 2.37. The van der Waals surface area contributed by atoms with Gasteiger partial charge in [0.25, 0.3) is 5.56 Å². The van der Waals surface area contributed by atoms with Gasteiger partial charge in [-0.25, -0.2) is 9.97 Å². The highest BCUT2D eigenvalue weighted by molar-refractivity contribution is 7.09. The van der Waals surface area contributed by atoms with Crippen molar-refractivity contribution >= 4 is 33.8 Å². The van der Waals surface area contributed by atoms with E-state index in [1.54, 1.807) is 16.8 Å². The minimum Gasteiger partial charge on any atom is -0.285 e. The molecule has 6 heteroatoms. The van der Waals surface area contributed by atoms with E-state index in [4.69, 9.17) is 11.6 Å². The van der Waals surface area contributed by atoms with Crippen LogP contribution < -0.4 is 5.56 Å². The van der Waals surface area contributed by atoms with Crippen molar-refractivity contribution in [1.29, 1.82) is 0 Å². The first-order valence-electron chi connectivity index (χ1n) is 6.64. The Morgan fingerprint density at radius 3 is 2.71 bits per heavy atom. The third-order valence-corrected chi connectivity index (χ3v) is 4.53. The molecule has 3 rings (SSSR count). The molecule has 1 aromatic carbocycles. The number of fused-ring (bicyclic) bond motifs is 1. The van der Waals surface area contributed by atoms with Gasteiger partial charge in [-0.3, -0.25) is 9.36 Å². The smallest absolute Gasteiger partial charge is 0.262 e. The van der Waals surface area contributed by atoms with Crippen molar-refractivity contribution in [3.63, 3.8) is 0 Å². The van der Waals surface area contributed by atoms with Gasteiger partial charge in [0.1, 0.15) is 10.8 Å². The summed E-state index contributed by atoms with van der Waals surface area (Å²) in [6, 6.07) is 7.14. The largest absolute Gasteiger partial charge is 0.285 e. The number of rotatable bonds is 3. The van der Waals surface area contributed by atoms with E-state index >= 15 is 0 Å². The van der Waals surface area contributed by atoms with Crippen LogP contribution in [0.4, 0.5) is 0 Å². The standard InChI is InChI=1S/C15H14ClN3OS/c1-9(16)13-18-12-6-4-3-5-11(12)15(20)19(13)10(2)14-17-7-8-21-14/h3-10H,1-2H3. The maximum absolute atomic E-state index is 12.8. The van der Waals surface area contributed by atoms with Crippen molar-refractivity contribution in [3.05, 3.63) is 57.0 Å². The average molecular weight is 320 g/mol. The van der Waals surface area contributed by atoms with Crippen LogP contribution in [0.25, 0.3) is 10.9 Å². The highest BCUT2D eigenvalue weighted by Crippen LogP contribution is 2.25. The van der Waals surface area contributed by atoms with Crippen molar-refractivity contribution in [2.45, 2.75) is 25.3 Å². The number of benzene rings is 1. The van der Waals surface area contributed by atoms with Crippen LogP contribution in [0.2, 0.25) is 0 Å². The van der Waals surface area contributed by atoms with Gasteiger partial charge in [0.2, 0.25) is 0 Å². The zero-order valence-corrected chi connectivity index (χ0v) is 13.2. The molecule has 0 aliphatic heterocycles. The zero-order chi connectivity index (χ0) is 15.0. The second kappa shape index (κ2) is 5.58. The predicted molar refractivity (Wildman–Crippen MR) is 86.2 cm³/mol. The molecule has 2 heterocycles. The summed E-state index contributed by atoms with van der Waals surface area (Å²) in [5, 5.41) is 3.01. The van der Waals surface area contributed by atoms with Gasteiger partial charge in [0, 0.05) is 11.6 Å². The lowest BCUT2D eigenvalue weighted by Crippen LogP contribution is -2.29. The molecule has 0 bridgehead atoms. The molecule has 2 aromatic heterocycles. The summed E-state index contributed by atoms with van der Waals surface area (Å²) in [5.74, 6) is 0.572. The van der Waals surface area contributed by atoms with Crippen LogP contribution in [0.3, 0.4) is 0 Å². The molecule has 0 N–H and O–H groups in total. The summed E-state index contributed by atoms with van der Waals surface area (Å²) >= 11 is 7.77. The second-order valence-corrected chi connectivity index (χ2v) is 6.41. The summed E-state index contributed by atoms with van der Waals surface area (Å²) in [4.78, 5) is 21.7. The number of aromatic nitrogens is 3. The molecule has 0 saturated heterocycles. The van der Waals surface area contributed by atoms with Gasteiger partial charge in [0.15, 0.2) is 0 Å². The number of hydrogen-bond acceptors (Lipinski definition) is 4. The van der Waals surface area contributed by atoms with E-state index in [0.29, 0.717) is 16.7 Å². The van der Waals surface area contributed by atoms with Gasteiger partial charge >= 0.3 is 0 Å². The van der Waals surface area contributed by atoms with E-state index in [0.717, 1.165) is 5.01 Å². The topological polar surface area (TPSA) is 47.8 Å². The molecule has 2 atom stereocenters. The molecule has 0 radical (unpaired) electrons. The Balaban J connectivity index is 2.31. The van der Waals surface area contributed by atoms with Crippen LogP contribution in [-0.4, -0.2) is 14.5 Å². The van der Waals surface area contributed by atoms with Crippen LogP contribution in [-0.2, 0) is 0 Å². The minimum atomic E-state index is -0.357. The van der Waals surface area contributed by atoms with E-state index in [9.17, 15) is 4.79 Å². The molecule has 108 valence electrons. The van der Waals surface area contributed by atoms with E-state index in [1.165, 1.54) is 11.3 Å². The Morgan fingerprint density at radius 2 is 2.05 bits per heavy atom. The first kappa shape index (κ1) is 14.2. The van der Waals surface area contributed by atoms with Gasteiger partial charge in [-0.15, -0.1) is 22.9 Å². The van der Waals surface area contributed by atoms with Crippen molar-refractivity contribution in [2.24, 2.45) is 0 Å². The molecular weight excluding hydrogens is 306 g/mol. The fourth-order valence-corrected chi connectivity index (χ4v) is 3.21. The Labute approximate surface area is 131 Å². The van der Waals surface area contributed by atoms with Crippen molar-refractivity contribution in [3.8, 4) is 0 Å². The lowest BCUT2D eigenvalue weighted by atomic mass is 10.2. The van der Waals surface area contributed by atoms with E-state index in [1.807, 2.05) is 37.4 Å². The van der Waals surface area contributed by atoms with Gasteiger partial charge < -0.3 is 0 Å². The van der Waals surface area contributed by atoms with Gasteiger partial charge in [-0.05, 0) is 26.0 Å². The van der Waals surface area contributed by atoms with Gasteiger partial charge in [-0.1, -0.05) is 12.1 Å². The minimum absolute atomic E-state index is 0.0780. The Hall–Kier alpha value is -1.72. The summed E-state index contributed by atoms with van der Waals surface area (Å²) < 4.78 is 1.65. The van der Waals surface area contributed by atoms with Gasteiger partial charge in [-0.2, -0.15) is 0 Å². The Bertz CT molecular complexity index is 827. The average Bonchev–Trinajstić information content (AvgIpc) is 3.00. The zero-order valence-electron chi connectivity index (χ0n) is 11.7. The summed E-state index contributed by atoms with van der Waals surface area (Å²) in [6.07, 6.45) is 1.74. The maximum Gasteiger partial charge on any atom is 0.262 e. The highest BCUT2D eigenvalue weighted by Gasteiger charge is 2.21. The normalized spacial score (nSPS) is 14.2. The summed E-state index contributed by atoms with van der Waals surface area (Å²) in [6.45, 7) is 3.77. The first-order valence-corrected chi connectivity index (χ1v) is 7.96.